The standard InChI is InChI=1S/C11H16BrN3O3S/c1-19(17,18)14-7-6-13-8-11(16)15-10-5-3-2-4-9(10)12/h2-5,13-14H,6-8H2,1H3,(H,15,16). The fraction of sp³-hybridized carbons (Fsp3) is 0.364. The Labute approximate surface area is 121 Å². The second-order valence-electron chi connectivity index (χ2n) is 3.87. The number of carbonyl (C=O) groups is 1. The summed E-state index contributed by atoms with van der Waals surface area (Å²) in [5.74, 6) is -0.189. The predicted molar refractivity (Wildman–Crippen MR) is 78.5 cm³/mol. The van der Waals surface area contributed by atoms with Crippen LogP contribution < -0.4 is 15.4 Å². The van der Waals surface area contributed by atoms with Crippen molar-refractivity contribution in [1.82, 2.24) is 10.0 Å². The minimum absolute atomic E-state index is 0.118. The smallest absolute Gasteiger partial charge is 0.238 e. The molecule has 0 bridgehead atoms. The van der Waals surface area contributed by atoms with Crippen LogP contribution in [0.3, 0.4) is 0 Å². The van der Waals surface area contributed by atoms with Gasteiger partial charge in [0.05, 0.1) is 18.5 Å². The van der Waals surface area contributed by atoms with E-state index >= 15 is 0 Å². The summed E-state index contributed by atoms with van der Waals surface area (Å²) in [5, 5.41) is 5.57. The lowest BCUT2D eigenvalue weighted by Crippen LogP contribution is -2.35. The van der Waals surface area contributed by atoms with E-state index in [9.17, 15) is 13.2 Å². The highest BCUT2D eigenvalue weighted by molar-refractivity contribution is 9.10. The average Bonchev–Trinajstić information content (AvgIpc) is 2.30. The largest absolute Gasteiger partial charge is 0.324 e. The van der Waals surface area contributed by atoms with Crippen molar-refractivity contribution in [3.63, 3.8) is 0 Å². The van der Waals surface area contributed by atoms with Crippen LogP contribution in [0.25, 0.3) is 0 Å². The van der Waals surface area contributed by atoms with Crippen LogP contribution in [0.4, 0.5) is 5.69 Å². The number of nitrogens with one attached hydrogen (secondary N) is 3. The fourth-order valence-corrected chi connectivity index (χ4v) is 2.14. The lowest BCUT2D eigenvalue weighted by atomic mass is 10.3. The third-order valence-corrected chi connectivity index (χ3v) is 3.52. The summed E-state index contributed by atoms with van der Waals surface area (Å²) < 4.78 is 24.7. The minimum Gasteiger partial charge on any atom is -0.324 e. The molecule has 3 N–H and O–H groups in total. The zero-order valence-electron chi connectivity index (χ0n) is 10.4. The molecule has 0 spiro atoms. The zero-order valence-corrected chi connectivity index (χ0v) is 12.8. The molecule has 6 nitrogen and oxygen atoms in total. The zero-order chi connectivity index (χ0) is 14.3. The van der Waals surface area contributed by atoms with Gasteiger partial charge in [-0.2, -0.15) is 0 Å². The molecule has 0 aliphatic rings. The first-order valence-corrected chi connectivity index (χ1v) is 8.26. The van der Waals surface area contributed by atoms with Gasteiger partial charge in [-0.1, -0.05) is 12.1 Å². The van der Waals surface area contributed by atoms with E-state index in [4.69, 9.17) is 0 Å². The van der Waals surface area contributed by atoms with Crippen molar-refractivity contribution in [2.24, 2.45) is 0 Å². The van der Waals surface area contributed by atoms with Crippen molar-refractivity contribution >= 4 is 37.5 Å². The van der Waals surface area contributed by atoms with Crippen LogP contribution in [0.2, 0.25) is 0 Å². The second kappa shape index (κ2) is 7.59. The van der Waals surface area contributed by atoms with Crippen LogP contribution in [-0.4, -0.2) is 40.2 Å². The number of anilines is 1. The molecule has 1 amide bonds. The molecule has 106 valence electrons. The highest BCUT2D eigenvalue weighted by atomic mass is 79.9. The van der Waals surface area contributed by atoms with E-state index in [1.165, 1.54) is 0 Å². The Balaban J connectivity index is 2.24. The van der Waals surface area contributed by atoms with Crippen molar-refractivity contribution in [3.8, 4) is 0 Å². The van der Waals surface area contributed by atoms with Crippen LogP contribution in [0, 0.1) is 0 Å². The highest BCUT2D eigenvalue weighted by Crippen LogP contribution is 2.20. The molecule has 0 aliphatic heterocycles. The minimum atomic E-state index is -3.18. The van der Waals surface area contributed by atoms with E-state index in [0.29, 0.717) is 12.2 Å². The molecular formula is C11H16BrN3O3S. The Hall–Kier alpha value is -0.960. The van der Waals surface area contributed by atoms with Gasteiger partial charge in [0.15, 0.2) is 0 Å². The van der Waals surface area contributed by atoms with Crippen molar-refractivity contribution in [1.29, 1.82) is 0 Å². The van der Waals surface area contributed by atoms with Gasteiger partial charge in [-0.25, -0.2) is 13.1 Å². The summed E-state index contributed by atoms with van der Waals surface area (Å²) in [6, 6.07) is 7.30. The van der Waals surface area contributed by atoms with Gasteiger partial charge in [0.2, 0.25) is 15.9 Å². The molecular weight excluding hydrogens is 334 g/mol. The molecule has 0 saturated carbocycles. The molecule has 8 heteroatoms. The normalized spacial score (nSPS) is 11.3. The number of carbonyl (C=O) groups excluding carboxylic acids is 1. The fourth-order valence-electron chi connectivity index (χ4n) is 1.28. The van der Waals surface area contributed by atoms with Crippen LogP contribution in [0.15, 0.2) is 28.7 Å². The molecule has 1 aromatic carbocycles. The first kappa shape index (κ1) is 16.1. The predicted octanol–water partition coefficient (Wildman–Crippen LogP) is 0.526. The number of hydrogen-bond donors (Lipinski definition) is 3. The third-order valence-electron chi connectivity index (χ3n) is 2.10. The molecule has 19 heavy (non-hydrogen) atoms. The summed E-state index contributed by atoms with van der Waals surface area (Å²) in [6.45, 7) is 0.754. The molecule has 0 fully saturated rings. The summed E-state index contributed by atoms with van der Waals surface area (Å²) in [5.41, 5.74) is 0.698. The number of benzene rings is 1. The first-order chi connectivity index (χ1) is 8.88. The van der Waals surface area contributed by atoms with E-state index < -0.39 is 10.0 Å². The molecule has 0 atom stereocenters. The second-order valence-corrected chi connectivity index (χ2v) is 6.56. The maximum absolute atomic E-state index is 11.6. The van der Waals surface area contributed by atoms with Crippen LogP contribution in [0.5, 0.6) is 0 Å². The Morgan fingerprint density at radius 1 is 1.26 bits per heavy atom. The quantitative estimate of drug-likeness (QED) is 0.626. The summed E-state index contributed by atoms with van der Waals surface area (Å²) in [4.78, 5) is 11.6. The Kier molecular flexibility index (Phi) is 6.43. The Bertz CT molecular complexity index is 534. The highest BCUT2D eigenvalue weighted by Gasteiger charge is 2.04. The van der Waals surface area contributed by atoms with Gasteiger partial charge < -0.3 is 10.6 Å². The van der Waals surface area contributed by atoms with E-state index in [-0.39, 0.29) is 19.0 Å². The van der Waals surface area contributed by atoms with Crippen LogP contribution in [-0.2, 0) is 14.8 Å². The van der Waals surface area contributed by atoms with Gasteiger partial charge in [0.25, 0.3) is 0 Å². The van der Waals surface area contributed by atoms with Crippen molar-refractivity contribution in [3.05, 3.63) is 28.7 Å². The number of rotatable bonds is 7. The lowest BCUT2D eigenvalue weighted by Gasteiger charge is -2.08. The van der Waals surface area contributed by atoms with Gasteiger partial charge in [0.1, 0.15) is 0 Å². The van der Waals surface area contributed by atoms with Crippen molar-refractivity contribution < 1.29 is 13.2 Å². The number of halogens is 1. The van der Waals surface area contributed by atoms with Gasteiger partial charge in [0, 0.05) is 17.6 Å². The van der Waals surface area contributed by atoms with Crippen molar-refractivity contribution in [2.75, 3.05) is 31.2 Å². The number of para-hydroxylation sites is 1. The Morgan fingerprint density at radius 3 is 2.58 bits per heavy atom. The third kappa shape index (κ3) is 7.26. The lowest BCUT2D eigenvalue weighted by molar-refractivity contribution is -0.115. The summed E-state index contributed by atoms with van der Waals surface area (Å²) in [6.07, 6.45) is 1.09. The molecule has 0 unspecified atom stereocenters. The van der Waals surface area contributed by atoms with Crippen LogP contribution in [0.1, 0.15) is 0 Å². The molecule has 0 radical (unpaired) electrons. The van der Waals surface area contributed by atoms with Crippen LogP contribution >= 0.6 is 15.9 Å². The topological polar surface area (TPSA) is 87.3 Å². The number of hydrogen-bond acceptors (Lipinski definition) is 4. The molecule has 0 aliphatic carbocycles. The van der Waals surface area contributed by atoms with E-state index in [2.05, 4.69) is 31.3 Å². The van der Waals surface area contributed by atoms with E-state index in [1.807, 2.05) is 18.2 Å². The molecule has 1 rings (SSSR count). The maximum Gasteiger partial charge on any atom is 0.238 e. The molecule has 0 saturated heterocycles. The molecule has 1 aromatic rings. The van der Waals surface area contributed by atoms with Crippen molar-refractivity contribution in [2.45, 2.75) is 0 Å². The van der Waals surface area contributed by atoms with E-state index in [1.54, 1.807) is 6.07 Å². The SMILES string of the molecule is CS(=O)(=O)NCCNCC(=O)Nc1ccccc1Br. The first-order valence-electron chi connectivity index (χ1n) is 5.58. The van der Waals surface area contributed by atoms with Gasteiger partial charge in [-0.3, -0.25) is 4.79 Å². The Morgan fingerprint density at radius 2 is 1.95 bits per heavy atom. The number of sulfonamides is 1. The molecule has 0 aromatic heterocycles. The average molecular weight is 350 g/mol. The monoisotopic (exact) mass is 349 g/mol. The van der Waals surface area contributed by atoms with Gasteiger partial charge in [-0.15, -0.1) is 0 Å². The number of amides is 1. The summed E-state index contributed by atoms with van der Waals surface area (Å²) >= 11 is 3.33. The van der Waals surface area contributed by atoms with Gasteiger partial charge >= 0.3 is 0 Å². The van der Waals surface area contributed by atoms with E-state index in [0.717, 1.165) is 10.7 Å². The molecule has 0 heterocycles. The van der Waals surface area contributed by atoms with Gasteiger partial charge in [-0.05, 0) is 28.1 Å². The summed E-state index contributed by atoms with van der Waals surface area (Å²) in [7, 11) is -3.18. The maximum atomic E-state index is 11.6.